The Hall–Kier alpha value is -1.30. The smallest absolute Gasteiger partial charge is 0.257 e. The van der Waals surface area contributed by atoms with Crippen LogP contribution < -0.4 is 10.1 Å². The molecular formula is C18H27ClN2O3. The molecule has 6 heteroatoms. The van der Waals surface area contributed by atoms with Crippen LogP contribution in [0.1, 0.15) is 19.4 Å². The number of rotatable bonds is 7. The van der Waals surface area contributed by atoms with E-state index in [4.69, 9.17) is 21.1 Å². The Balaban J connectivity index is 1.80. The molecule has 1 N–H and O–H groups in total. The van der Waals surface area contributed by atoms with Crippen molar-refractivity contribution < 1.29 is 14.3 Å². The van der Waals surface area contributed by atoms with Gasteiger partial charge in [0.25, 0.3) is 5.91 Å². The van der Waals surface area contributed by atoms with Crippen molar-refractivity contribution in [2.24, 2.45) is 5.92 Å². The van der Waals surface area contributed by atoms with E-state index in [1.165, 1.54) is 0 Å². The van der Waals surface area contributed by atoms with E-state index in [1.807, 2.05) is 13.0 Å². The Morgan fingerprint density at radius 2 is 2.08 bits per heavy atom. The zero-order valence-electron chi connectivity index (χ0n) is 14.7. The van der Waals surface area contributed by atoms with E-state index in [1.54, 1.807) is 12.1 Å². The van der Waals surface area contributed by atoms with E-state index in [0.29, 0.717) is 29.3 Å². The summed E-state index contributed by atoms with van der Waals surface area (Å²) in [5.41, 5.74) is 0.920. The first-order valence-corrected chi connectivity index (χ1v) is 8.82. The second kappa shape index (κ2) is 9.25. The second-order valence-electron chi connectivity index (χ2n) is 6.46. The van der Waals surface area contributed by atoms with Crippen molar-refractivity contribution in [2.75, 3.05) is 39.5 Å². The summed E-state index contributed by atoms with van der Waals surface area (Å²) in [5.74, 6) is 1.04. The molecule has 1 aromatic rings. The van der Waals surface area contributed by atoms with Gasteiger partial charge in [0.1, 0.15) is 5.75 Å². The van der Waals surface area contributed by atoms with Crippen LogP contribution in [0.3, 0.4) is 0 Å². The predicted octanol–water partition coefficient (Wildman–Crippen LogP) is 2.50. The van der Waals surface area contributed by atoms with Gasteiger partial charge in [0.2, 0.25) is 0 Å². The highest BCUT2D eigenvalue weighted by Crippen LogP contribution is 2.21. The first kappa shape index (κ1) is 19.0. The van der Waals surface area contributed by atoms with E-state index >= 15 is 0 Å². The lowest BCUT2D eigenvalue weighted by atomic mass is 10.0. The molecule has 0 aliphatic carbocycles. The van der Waals surface area contributed by atoms with Gasteiger partial charge in [0, 0.05) is 30.7 Å². The van der Waals surface area contributed by atoms with Crippen LogP contribution >= 0.6 is 11.6 Å². The van der Waals surface area contributed by atoms with Gasteiger partial charge in [-0.3, -0.25) is 9.69 Å². The molecule has 0 bridgehead atoms. The molecule has 1 saturated heterocycles. The summed E-state index contributed by atoms with van der Waals surface area (Å²) in [6.07, 6.45) is 0. The van der Waals surface area contributed by atoms with Crippen LogP contribution in [0.25, 0.3) is 0 Å². The van der Waals surface area contributed by atoms with Gasteiger partial charge in [0.05, 0.1) is 13.2 Å². The number of carbonyl (C=O) groups is 1. The lowest BCUT2D eigenvalue weighted by molar-refractivity contribution is -0.123. The summed E-state index contributed by atoms with van der Waals surface area (Å²) in [7, 11) is 0. The number of aryl methyl sites for hydroxylation is 1. The summed E-state index contributed by atoms with van der Waals surface area (Å²) < 4.78 is 11.0. The highest BCUT2D eigenvalue weighted by Gasteiger charge is 2.24. The molecule has 134 valence electrons. The van der Waals surface area contributed by atoms with Crippen LogP contribution in [0.5, 0.6) is 5.75 Å². The van der Waals surface area contributed by atoms with Crippen LogP contribution in [-0.2, 0) is 9.53 Å². The predicted molar refractivity (Wildman–Crippen MR) is 95.7 cm³/mol. The number of halogens is 1. The van der Waals surface area contributed by atoms with Crippen molar-refractivity contribution in [3.8, 4) is 5.75 Å². The Morgan fingerprint density at radius 1 is 1.38 bits per heavy atom. The number of hydrogen-bond acceptors (Lipinski definition) is 4. The minimum atomic E-state index is -0.108. The van der Waals surface area contributed by atoms with Gasteiger partial charge in [-0.25, -0.2) is 0 Å². The van der Waals surface area contributed by atoms with Crippen LogP contribution in [0, 0.1) is 12.8 Å². The molecule has 1 aromatic carbocycles. The van der Waals surface area contributed by atoms with Gasteiger partial charge in [-0.15, -0.1) is 0 Å². The number of nitrogens with zero attached hydrogens (tertiary/aromatic N) is 1. The van der Waals surface area contributed by atoms with Gasteiger partial charge >= 0.3 is 0 Å². The third kappa shape index (κ3) is 5.65. The Morgan fingerprint density at radius 3 is 2.71 bits per heavy atom. The summed E-state index contributed by atoms with van der Waals surface area (Å²) >= 11 is 5.92. The number of carbonyl (C=O) groups excluding carboxylic acids is 1. The van der Waals surface area contributed by atoms with E-state index in [2.05, 4.69) is 24.1 Å². The van der Waals surface area contributed by atoms with Gasteiger partial charge in [-0.2, -0.15) is 0 Å². The third-order valence-corrected chi connectivity index (χ3v) is 4.52. The van der Waals surface area contributed by atoms with Crippen LogP contribution in [0.15, 0.2) is 18.2 Å². The van der Waals surface area contributed by atoms with Gasteiger partial charge in [-0.1, -0.05) is 25.4 Å². The van der Waals surface area contributed by atoms with E-state index in [9.17, 15) is 4.79 Å². The number of amides is 1. The summed E-state index contributed by atoms with van der Waals surface area (Å²) in [6, 6.07) is 5.68. The Bertz CT molecular complexity index is 545. The van der Waals surface area contributed by atoms with Crippen molar-refractivity contribution in [2.45, 2.75) is 26.8 Å². The fourth-order valence-electron chi connectivity index (χ4n) is 2.88. The number of ether oxygens (including phenoxy) is 2. The number of hydrogen-bond donors (Lipinski definition) is 1. The Labute approximate surface area is 149 Å². The molecule has 1 amide bonds. The molecule has 24 heavy (non-hydrogen) atoms. The lowest BCUT2D eigenvalue weighted by Crippen LogP contribution is -2.51. The van der Waals surface area contributed by atoms with E-state index in [0.717, 1.165) is 31.9 Å². The van der Waals surface area contributed by atoms with E-state index < -0.39 is 0 Å². The zero-order valence-corrected chi connectivity index (χ0v) is 15.4. The fourth-order valence-corrected chi connectivity index (χ4v) is 3.11. The van der Waals surface area contributed by atoms with Crippen molar-refractivity contribution >= 4 is 17.5 Å². The van der Waals surface area contributed by atoms with Gasteiger partial charge in [0.15, 0.2) is 6.61 Å². The molecular weight excluding hydrogens is 328 g/mol. The molecule has 1 heterocycles. The van der Waals surface area contributed by atoms with Crippen LogP contribution in [0.4, 0.5) is 0 Å². The topological polar surface area (TPSA) is 50.8 Å². The monoisotopic (exact) mass is 354 g/mol. The molecule has 5 nitrogen and oxygen atoms in total. The minimum Gasteiger partial charge on any atom is -0.484 e. The van der Waals surface area contributed by atoms with Crippen LogP contribution in [-0.4, -0.2) is 56.3 Å². The molecule has 2 rings (SSSR count). The van der Waals surface area contributed by atoms with Gasteiger partial charge < -0.3 is 14.8 Å². The van der Waals surface area contributed by atoms with Crippen molar-refractivity contribution in [3.63, 3.8) is 0 Å². The summed E-state index contributed by atoms with van der Waals surface area (Å²) in [5, 5.41) is 3.65. The average molecular weight is 355 g/mol. The highest BCUT2D eigenvalue weighted by atomic mass is 35.5. The molecule has 0 spiro atoms. The maximum absolute atomic E-state index is 12.1. The highest BCUT2D eigenvalue weighted by molar-refractivity contribution is 6.30. The second-order valence-corrected chi connectivity index (χ2v) is 6.90. The maximum atomic E-state index is 12.1. The van der Waals surface area contributed by atoms with Gasteiger partial charge in [-0.05, 0) is 36.6 Å². The van der Waals surface area contributed by atoms with Crippen molar-refractivity contribution in [1.29, 1.82) is 0 Å². The van der Waals surface area contributed by atoms with Crippen molar-refractivity contribution in [3.05, 3.63) is 28.8 Å². The molecule has 1 atom stereocenters. The first-order chi connectivity index (χ1) is 11.5. The largest absolute Gasteiger partial charge is 0.484 e. The standard InChI is InChI=1S/C18H27ClN2O3/c1-13(2)16(21-6-8-23-9-7-21)11-20-18(22)12-24-17-5-4-15(19)10-14(17)3/h4-5,10,13,16H,6-9,11-12H2,1-3H3,(H,20,22). The molecule has 0 aromatic heterocycles. The summed E-state index contributed by atoms with van der Waals surface area (Å²) in [6.45, 7) is 10.3. The average Bonchev–Trinajstić information content (AvgIpc) is 2.55. The normalized spacial score (nSPS) is 16.9. The van der Waals surface area contributed by atoms with Crippen LogP contribution in [0.2, 0.25) is 5.02 Å². The molecule has 0 saturated carbocycles. The molecule has 1 unspecified atom stereocenters. The van der Waals surface area contributed by atoms with Crippen molar-refractivity contribution in [1.82, 2.24) is 10.2 Å². The SMILES string of the molecule is Cc1cc(Cl)ccc1OCC(=O)NCC(C(C)C)N1CCOCC1. The zero-order chi connectivity index (χ0) is 17.5. The molecule has 1 fully saturated rings. The number of benzene rings is 1. The third-order valence-electron chi connectivity index (χ3n) is 4.29. The Kier molecular flexibility index (Phi) is 7.34. The molecule has 1 aliphatic heterocycles. The number of morpholine rings is 1. The maximum Gasteiger partial charge on any atom is 0.257 e. The molecule has 1 aliphatic rings. The summed E-state index contributed by atoms with van der Waals surface area (Å²) in [4.78, 5) is 14.5. The molecule has 0 radical (unpaired) electrons. The first-order valence-electron chi connectivity index (χ1n) is 8.45. The fraction of sp³-hybridized carbons (Fsp3) is 0.611. The minimum absolute atomic E-state index is 0.0103. The quantitative estimate of drug-likeness (QED) is 0.817. The number of nitrogens with one attached hydrogen (secondary N) is 1. The lowest BCUT2D eigenvalue weighted by Gasteiger charge is -2.36. The van der Waals surface area contributed by atoms with E-state index in [-0.39, 0.29) is 12.5 Å².